The first-order chi connectivity index (χ1) is 15.3. The number of thioether (sulfide) groups is 1. The van der Waals surface area contributed by atoms with Gasteiger partial charge in [-0.25, -0.2) is 28.7 Å². The van der Waals surface area contributed by atoms with Gasteiger partial charge in [-0.05, 0) is 25.5 Å². The van der Waals surface area contributed by atoms with Gasteiger partial charge in [0.1, 0.15) is 17.9 Å². The Bertz CT molecular complexity index is 1330. The summed E-state index contributed by atoms with van der Waals surface area (Å²) in [7, 11) is 0. The smallest absolute Gasteiger partial charge is 0.253 e. The van der Waals surface area contributed by atoms with Gasteiger partial charge in [0, 0.05) is 17.7 Å². The lowest BCUT2D eigenvalue weighted by molar-refractivity contribution is 0.123. The largest absolute Gasteiger partial charge is 0.378 e. The highest BCUT2D eigenvalue weighted by Crippen LogP contribution is 2.68. The minimum atomic E-state index is -2.61. The minimum absolute atomic E-state index is 0.00129. The zero-order valence-corrected chi connectivity index (χ0v) is 17.4. The highest BCUT2D eigenvalue weighted by Gasteiger charge is 2.71. The summed E-state index contributed by atoms with van der Waals surface area (Å²) >= 11 is 0.856. The molecular formula is C20H15F3N8S. The number of hydrogen-bond acceptors (Lipinski definition) is 9. The second-order valence-corrected chi connectivity index (χ2v) is 9.21. The molecule has 0 aromatic carbocycles. The van der Waals surface area contributed by atoms with Gasteiger partial charge in [0.15, 0.2) is 11.0 Å². The summed E-state index contributed by atoms with van der Waals surface area (Å²) in [5.41, 5.74) is 6.20. The number of hydrogen-bond donors (Lipinski definition) is 2. The third-order valence-electron chi connectivity index (χ3n) is 5.89. The van der Waals surface area contributed by atoms with Crippen molar-refractivity contribution in [3.8, 4) is 6.07 Å². The van der Waals surface area contributed by atoms with E-state index in [1.807, 2.05) is 6.07 Å². The minimum Gasteiger partial charge on any atom is -0.378 e. The Morgan fingerprint density at radius 3 is 2.81 bits per heavy atom. The van der Waals surface area contributed by atoms with Crippen LogP contribution < -0.4 is 11.1 Å². The zero-order valence-electron chi connectivity index (χ0n) is 16.6. The molecule has 1 aliphatic heterocycles. The first kappa shape index (κ1) is 20.4. The van der Waals surface area contributed by atoms with Crippen LogP contribution >= 0.6 is 11.8 Å². The molecule has 1 saturated carbocycles. The van der Waals surface area contributed by atoms with Crippen molar-refractivity contribution in [1.29, 1.82) is 5.26 Å². The van der Waals surface area contributed by atoms with Crippen LogP contribution in [0.15, 0.2) is 35.8 Å². The first-order valence-electron chi connectivity index (χ1n) is 9.53. The highest BCUT2D eigenvalue weighted by atomic mass is 32.2. The lowest BCUT2D eigenvalue weighted by Gasteiger charge is -2.33. The van der Waals surface area contributed by atoms with Crippen molar-refractivity contribution in [2.75, 3.05) is 5.32 Å². The second kappa shape index (κ2) is 7.03. The molecule has 32 heavy (non-hydrogen) atoms. The SMILES string of the molecule is C[C@]1(c2cc(Nc3ncnc4cc(C#N)cnc34)cnc2F)N=C(N)S[C@@]2(C(F)F)CC21. The number of anilines is 2. The molecule has 0 amide bonds. The van der Waals surface area contributed by atoms with E-state index in [1.54, 1.807) is 13.0 Å². The maximum Gasteiger partial charge on any atom is 0.253 e. The molecule has 4 heterocycles. The fourth-order valence-electron chi connectivity index (χ4n) is 4.21. The predicted molar refractivity (Wildman–Crippen MR) is 113 cm³/mol. The summed E-state index contributed by atoms with van der Waals surface area (Å²) in [6.07, 6.45) is 1.52. The molecule has 0 spiro atoms. The van der Waals surface area contributed by atoms with Crippen LogP contribution in [0.4, 0.5) is 24.7 Å². The van der Waals surface area contributed by atoms with Crippen LogP contribution in [-0.2, 0) is 5.54 Å². The number of aromatic nitrogens is 4. The average Bonchev–Trinajstić information content (AvgIpc) is 3.52. The number of aliphatic imine (C=N–C) groups is 1. The second-order valence-electron chi connectivity index (χ2n) is 7.83. The molecule has 0 radical (unpaired) electrons. The van der Waals surface area contributed by atoms with Gasteiger partial charge >= 0.3 is 0 Å². The number of amidine groups is 1. The quantitative estimate of drug-likeness (QED) is 0.572. The van der Waals surface area contributed by atoms with Crippen molar-refractivity contribution in [3.05, 3.63) is 47.9 Å². The molecule has 12 heteroatoms. The van der Waals surface area contributed by atoms with Crippen LogP contribution in [0.5, 0.6) is 0 Å². The Morgan fingerprint density at radius 2 is 2.06 bits per heavy atom. The van der Waals surface area contributed by atoms with Crippen molar-refractivity contribution >= 4 is 39.5 Å². The van der Waals surface area contributed by atoms with Crippen molar-refractivity contribution < 1.29 is 13.2 Å². The molecule has 0 bridgehead atoms. The summed E-state index contributed by atoms with van der Waals surface area (Å²) in [5, 5.41) is 12.1. The number of alkyl halides is 2. The van der Waals surface area contributed by atoms with E-state index in [0.717, 1.165) is 11.8 Å². The Labute approximate surface area is 184 Å². The molecule has 3 N–H and O–H groups in total. The number of fused-ring (bicyclic) bond motifs is 2. The summed E-state index contributed by atoms with van der Waals surface area (Å²) in [6, 6.07) is 5.03. The fraction of sp³-hybridized carbons (Fsp3) is 0.300. The van der Waals surface area contributed by atoms with Crippen molar-refractivity contribution in [1.82, 2.24) is 19.9 Å². The summed E-state index contributed by atoms with van der Waals surface area (Å²) in [4.78, 5) is 20.7. The van der Waals surface area contributed by atoms with Gasteiger partial charge in [-0.3, -0.25) is 4.99 Å². The third kappa shape index (κ3) is 3.03. The van der Waals surface area contributed by atoms with E-state index >= 15 is 0 Å². The van der Waals surface area contributed by atoms with Crippen LogP contribution in [0, 0.1) is 23.2 Å². The van der Waals surface area contributed by atoms with E-state index in [4.69, 9.17) is 11.0 Å². The monoisotopic (exact) mass is 456 g/mol. The maximum atomic E-state index is 14.8. The van der Waals surface area contributed by atoms with Gasteiger partial charge in [0.2, 0.25) is 5.95 Å². The van der Waals surface area contributed by atoms with Crippen LogP contribution in [0.2, 0.25) is 0 Å². The van der Waals surface area contributed by atoms with E-state index in [0.29, 0.717) is 28.1 Å². The molecule has 3 atom stereocenters. The van der Waals surface area contributed by atoms with Gasteiger partial charge < -0.3 is 11.1 Å². The van der Waals surface area contributed by atoms with Gasteiger partial charge in [0.25, 0.3) is 6.43 Å². The molecule has 1 aliphatic carbocycles. The summed E-state index contributed by atoms with van der Waals surface area (Å²) in [5.74, 6) is -1.06. The highest BCUT2D eigenvalue weighted by molar-refractivity contribution is 8.15. The van der Waals surface area contributed by atoms with E-state index in [2.05, 4.69) is 30.2 Å². The lowest BCUT2D eigenvalue weighted by atomic mass is 9.86. The topological polar surface area (TPSA) is 126 Å². The first-order valence-corrected chi connectivity index (χ1v) is 10.3. The van der Waals surface area contributed by atoms with Crippen molar-refractivity contribution in [2.24, 2.45) is 16.6 Å². The number of pyridine rings is 2. The molecule has 162 valence electrons. The Morgan fingerprint density at radius 1 is 1.25 bits per heavy atom. The third-order valence-corrected chi connectivity index (χ3v) is 7.20. The van der Waals surface area contributed by atoms with Crippen LogP contribution in [-0.4, -0.2) is 36.3 Å². The van der Waals surface area contributed by atoms with E-state index < -0.39 is 28.6 Å². The normalized spacial score (nSPS) is 26.4. The average molecular weight is 456 g/mol. The molecule has 5 rings (SSSR count). The summed E-state index contributed by atoms with van der Waals surface area (Å²) < 4.78 is 41.0. The molecule has 3 aromatic heterocycles. The van der Waals surface area contributed by atoms with Crippen molar-refractivity contribution in [3.63, 3.8) is 0 Å². The number of nitriles is 1. The molecule has 3 aromatic rings. The van der Waals surface area contributed by atoms with Gasteiger partial charge in [0.05, 0.1) is 33.3 Å². The van der Waals surface area contributed by atoms with E-state index in [-0.39, 0.29) is 17.2 Å². The number of rotatable bonds is 4. The standard InChI is InChI=1S/C20H15F3N8S/c1-19(13-4-20(13,17(22)23)32-18(25)31-19)11-3-10(7-27-15(11)21)30-16-14-12(28-8-29-16)2-9(5-24)6-26-14/h2-3,6-8,13,17H,4H2,1H3,(H2,25,31)(H,28,29,30)/t13?,19-,20+/m1/s1. The van der Waals surface area contributed by atoms with Gasteiger partial charge in [-0.2, -0.15) is 9.65 Å². The lowest BCUT2D eigenvalue weighted by Crippen LogP contribution is -2.39. The van der Waals surface area contributed by atoms with Crippen LogP contribution in [0.3, 0.4) is 0 Å². The number of halogens is 3. The van der Waals surface area contributed by atoms with E-state index in [1.165, 1.54) is 24.8 Å². The van der Waals surface area contributed by atoms with E-state index in [9.17, 15) is 13.2 Å². The van der Waals surface area contributed by atoms with Crippen molar-refractivity contribution in [2.45, 2.75) is 30.1 Å². The van der Waals surface area contributed by atoms with Crippen LogP contribution in [0.25, 0.3) is 11.0 Å². The molecule has 2 aliphatic rings. The summed E-state index contributed by atoms with van der Waals surface area (Å²) in [6.45, 7) is 1.60. The number of nitrogens with one attached hydrogen (secondary N) is 1. The Balaban J connectivity index is 1.54. The van der Waals surface area contributed by atoms with Crippen LogP contribution in [0.1, 0.15) is 24.5 Å². The van der Waals surface area contributed by atoms with Gasteiger partial charge in [-0.15, -0.1) is 0 Å². The molecular weight excluding hydrogens is 441 g/mol. The Kier molecular flexibility index (Phi) is 4.49. The molecule has 8 nitrogen and oxygen atoms in total. The molecule has 0 saturated heterocycles. The molecule has 1 unspecified atom stereocenters. The zero-order chi connectivity index (χ0) is 22.7. The number of nitrogens with two attached hydrogens (primary N) is 1. The molecule has 1 fully saturated rings. The van der Waals surface area contributed by atoms with Gasteiger partial charge in [-0.1, -0.05) is 11.8 Å². The predicted octanol–water partition coefficient (Wildman–Crippen LogP) is 3.47. The number of nitrogens with zero attached hydrogens (tertiary/aromatic N) is 6. The fourth-order valence-corrected chi connectivity index (χ4v) is 5.55. The Hall–Kier alpha value is -3.46. The maximum absolute atomic E-state index is 14.8.